The molecule has 0 radical (unpaired) electrons. The van der Waals surface area contributed by atoms with Crippen molar-refractivity contribution >= 4 is 15.9 Å². The lowest BCUT2D eigenvalue weighted by Crippen LogP contribution is -2.11. The second-order valence-electron chi connectivity index (χ2n) is 4.09. The number of hydrogen-bond acceptors (Lipinski definition) is 1. The predicted molar refractivity (Wildman–Crippen MR) is 73.6 cm³/mol. The average Bonchev–Trinajstić information content (AvgIpc) is 2.31. The summed E-state index contributed by atoms with van der Waals surface area (Å²) in [5, 5.41) is 0. The molecule has 0 aliphatic carbocycles. The van der Waals surface area contributed by atoms with Gasteiger partial charge in [-0.1, -0.05) is 48.3 Å². The minimum absolute atomic E-state index is 0.580. The van der Waals surface area contributed by atoms with Gasteiger partial charge in [0.1, 0.15) is 5.75 Å². The molecule has 0 N–H and O–H groups in total. The second-order valence-corrected chi connectivity index (χ2v) is 5.27. The van der Waals surface area contributed by atoms with Gasteiger partial charge in [0.15, 0.2) is 0 Å². The summed E-state index contributed by atoms with van der Waals surface area (Å²) in [4.78, 5) is 0.580. The summed E-state index contributed by atoms with van der Waals surface area (Å²) in [6, 6.07) is 8.45. The van der Waals surface area contributed by atoms with Crippen LogP contribution in [-0.2, 0) is 0 Å². The second kappa shape index (κ2) is 6.95. The van der Waals surface area contributed by atoms with Gasteiger partial charge in [-0.3, -0.25) is 0 Å². The normalized spacial score (nSPS) is 14.5. The zero-order valence-electron chi connectivity index (χ0n) is 10.4. The molecule has 0 aliphatic heterocycles. The fraction of sp³-hybridized carbons (Fsp3) is 0.571. The number of alkyl halides is 1. The Bertz CT molecular complexity index is 294. The Labute approximate surface area is 107 Å². The molecule has 1 aromatic rings. The topological polar surface area (TPSA) is 9.23 Å². The van der Waals surface area contributed by atoms with Crippen LogP contribution in [0.25, 0.3) is 0 Å². The van der Waals surface area contributed by atoms with E-state index in [0.29, 0.717) is 10.7 Å². The van der Waals surface area contributed by atoms with Crippen LogP contribution >= 0.6 is 15.9 Å². The van der Waals surface area contributed by atoms with Crippen LogP contribution < -0.4 is 4.74 Å². The van der Waals surface area contributed by atoms with E-state index in [-0.39, 0.29) is 0 Å². The summed E-state index contributed by atoms with van der Waals surface area (Å²) in [6.07, 6.45) is 3.62. The number of methoxy groups -OCH3 is 1. The lowest BCUT2D eigenvalue weighted by molar-refractivity contribution is 0.414. The highest BCUT2D eigenvalue weighted by Gasteiger charge is 2.18. The first-order valence-corrected chi connectivity index (χ1v) is 6.92. The molecule has 0 aliphatic rings. The SMILES string of the molecule is CCCC(Br)C(CC)c1ccc(OC)cc1. The van der Waals surface area contributed by atoms with Gasteiger partial charge in [-0.15, -0.1) is 0 Å². The van der Waals surface area contributed by atoms with Gasteiger partial charge >= 0.3 is 0 Å². The van der Waals surface area contributed by atoms with Gasteiger partial charge in [-0.25, -0.2) is 0 Å². The third kappa shape index (κ3) is 3.51. The summed E-state index contributed by atoms with van der Waals surface area (Å²) in [7, 11) is 1.71. The molecule has 0 fully saturated rings. The van der Waals surface area contributed by atoms with Crippen LogP contribution in [0.3, 0.4) is 0 Å². The molecule has 16 heavy (non-hydrogen) atoms. The molecule has 0 aromatic heterocycles. The maximum absolute atomic E-state index is 5.18. The van der Waals surface area contributed by atoms with Crippen molar-refractivity contribution in [2.45, 2.75) is 43.9 Å². The molecule has 0 saturated heterocycles. The molecule has 0 bridgehead atoms. The standard InChI is InChI=1S/C14H21BrO/c1-4-6-14(15)13(5-2)11-7-9-12(16-3)10-8-11/h7-10,13-14H,4-6H2,1-3H3. The van der Waals surface area contributed by atoms with E-state index in [1.807, 2.05) is 12.1 Å². The number of rotatable bonds is 6. The van der Waals surface area contributed by atoms with Crippen LogP contribution in [0.1, 0.15) is 44.6 Å². The number of hydrogen-bond donors (Lipinski definition) is 0. The molecular weight excluding hydrogens is 264 g/mol. The molecule has 1 aromatic carbocycles. The first-order valence-electron chi connectivity index (χ1n) is 6.00. The van der Waals surface area contributed by atoms with E-state index in [2.05, 4.69) is 41.9 Å². The first kappa shape index (κ1) is 13.6. The molecule has 0 amide bonds. The molecular formula is C14H21BrO. The Morgan fingerprint density at radius 1 is 1.19 bits per heavy atom. The number of ether oxygens (including phenoxy) is 1. The molecule has 2 heteroatoms. The van der Waals surface area contributed by atoms with E-state index < -0.39 is 0 Å². The van der Waals surface area contributed by atoms with E-state index in [1.165, 1.54) is 24.8 Å². The van der Waals surface area contributed by atoms with Crippen molar-refractivity contribution in [2.24, 2.45) is 0 Å². The first-order chi connectivity index (χ1) is 7.72. The Kier molecular flexibility index (Phi) is 5.89. The fourth-order valence-electron chi connectivity index (χ4n) is 2.03. The lowest BCUT2D eigenvalue weighted by atomic mass is 9.91. The van der Waals surface area contributed by atoms with Gasteiger partial charge in [0.2, 0.25) is 0 Å². The van der Waals surface area contributed by atoms with E-state index in [9.17, 15) is 0 Å². The average molecular weight is 285 g/mol. The monoisotopic (exact) mass is 284 g/mol. The highest BCUT2D eigenvalue weighted by atomic mass is 79.9. The van der Waals surface area contributed by atoms with Crippen molar-refractivity contribution in [1.29, 1.82) is 0 Å². The molecule has 0 heterocycles. The van der Waals surface area contributed by atoms with Crippen molar-refractivity contribution in [3.63, 3.8) is 0 Å². The molecule has 2 atom stereocenters. The van der Waals surface area contributed by atoms with E-state index in [4.69, 9.17) is 4.74 Å². The summed E-state index contributed by atoms with van der Waals surface area (Å²) in [5.41, 5.74) is 1.40. The van der Waals surface area contributed by atoms with Crippen LogP contribution in [0.5, 0.6) is 5.75 Å². The Morgan fingerprint density at radius 2 is 1.81 bits per heavy atom. The minimum Gasteiger partial charge on any atom is -0.497 e. The Balaban J connectivity index is 2.78. The Hall–Kier alpha value is -0.500. The fourth-order valence-corrected chi connectivity index (χ4v) is 3.17. The van der Waals surface area contributed by atoms with E-state index >= 15 is 0 Å². The van der Waals surface area contributed by atoms with Crippen LogP contribution in [0.4, 0.5) is 0 Å². The molecule has 1 rings (SSSR count). The summed E-state index contributed by atoms with van der Waals surface area (Å²) < 4.78 is 5.18. The van der Waals surface area contributed by atoms with Gasteiger partial charge in [0.05, 0.1) is 7.11 Å². The van der Waals surface area contributed by atoms with Gasteiger partial charge in [0.25, 0.3) is 0 Å². The predicted octanol–water partition coefficient (Wildman–Crippen LogP) is 4.75. The van der Waals surface area contributed by atoms with Crippen LogP contribution in [-0.4, -0.2) is 11.9 Å². The van der Waals surface area contributed by atoms with Crippen molar-refractivity contribution < 1.29 is 4.74 Å². The minimum atomic E-state index is 0.580. The van der Waals surface area contributed by atoms with Crippen molar-refractivity contribution in [3.8, 4) is 5.75 Å². The maximum Gasteiger partial charge on any atom is 0.118 e. The summed E-state index contributed by atoms with van der Waals surface area (Å²) in [5.74, 6) is 1.53. The highest BCUT2D eigenvalue weighted by Crippen LogP contribution is 2.31. The quantitative estimate of drug-likeness (QED) is 0.685. The lowest BCUT2D eigenvalue weighted by Gasteiger charge is -2.21. The zero-order valence-corrected chi connectivity index (χ0v) is 12.0. The zero-order chi connectivity index (χ0) is 12.0. The molecule has 1 nitrogen and oxygen atoms in total. The van der Waals surface area contributed by atoms with Gasteiger partial charge in [-0.05, 0) is 36.5 Å². The largest absolute Gasteiger partial charge is 0.497 e. The van der Waals surface area contributed by atoms with E-state index in [0.717, 1.165) is 5.75 Å². The van der Waals surface area contributed by atoms with Crippen LogP contribution in [0.15, 0.2) is 24.3 Å². The summed E-state index contributed by atoms with van der Waals surface area (Å²) >= 11 is 3.81. The molecule has 0 saturated carbocycles. The molecule has 90 valence electrons. The van der Waals surface area contributed by atoms with Gasteiger partial charge in [-0.2, -0.15) is 0 Å². The highest BCUT2D eigenvalue weighted by molar-refractivity contribution is 9.09. The Morgan fingerprint density at radius 3 is 2.25 bits per heavy atom. The molecule has 2 unspecified atom stereocenters. The van der Waals surface area contributed by atoms with Gasteiger partial charge < -0.3 is 4.74 Å². The number of benzene rings is 1. The smallest absolute Gasteiger partial charge is 0.118 e. The maximum atomic E-state index is 5.18. The van der Waals surface area contributed by atoms with Crippen LogP contribution in [0, 0.1) is 0 Å². The van der Waals surface area contributed by atoms with Gasteiger partial charge in [0, 0.05) is 4.83 Å². The summed E-state index contributed by atoms with van der Waals surface area (Å²) in [6.45, 7) is 4.48. The van der Waals surface area contributed by atoms with Crippen molar-refractivity contribution in [3.05, 3.63) is 29.8 Å². The number of halogens is 1. The van der Waals surface area contributed by atoms with Crippen molar-refractivity contribution in [1.82, 2.24) is 0 Å². The third-order valence-corrected chi connectivity index (χ3v) is 4.08. The van der Waals surface area contributed by atoms with Crippen LogP contribution in [0.2, 0.25) is 0 Å². The van der Waals surface area contributed by atoms with Crippen molar-refractivity contribution in [2.75, 3.05) is 7.11 Å². The third-order valence-electron chi connectivity index (χ3n) is 2.98. The van der Waals surface area contributed by atoms with E-state index in [1.54, 1.807) is 7.11 Å². The molecule has 0 spiro atoms.